The summed E-state index contributed by atoms with van der Waals surface area (Å²) in [5, 5.41) is 3.68. The normalized spacial score (nSPS) is 15.2. The molecule has 1 fully saturated rings. The highest BCUT2D eigenvalue weighted by atomic mass is 35.5. The quantitative estimate of drug-likeness (QED) is 0.925. The van der Waals surface area contributed by atoms with Gasteiger partial charge in [-0.25, -0.2) is 0 Å². The molecular weight excluding hydrogens is 324 g/mol. The Kier molecular flexibility index (Phi) is 4.26. The molecule has 0 aliphatic heterocycles. The summed E-state index contributed by atoms with van der Waals surface area (Å²) >= 11 is 6.28. The standard InChI is InChI=1S/C19H21ClN2O2/c1-4-16-12(2)11-13(18(24)22(16)3)17(23)21-19(9-10-19)14-7-5-6-8-15(14)20/h5-8,11H,4,9-10H2,1-3H3,(H,21,23). The van der Waals surface area contributed by atoms with Gasteiger partial charge in [-0.15, -0.1) is 0 Å². The lowest BCUT2D eigenvalue weighted by molar-refractivity contribution is 0.0928. The maximum atomic E-state index is 12.7. The zero-order chi connectivity index (χ0) is 17.5. The fourth-order valence-corrected chi connectivity index (χ4v) is 3.65. The molecule has 0 unspecified atom stereocenters. The first-order valence-corrected chi connectivity index (χ1v) is 8.54. The largest absolute Gasteiger partial charge is 0.342 e. The van der Waals surface area contributed by atoms with Crippen LogP contribution in [0.2, 0.25) is 5.02 Å². The Morgan fingerprint density at radius 1 is 1.33 bits per heavy atom. The van der Waals surface area contributed by atoms with Crippen LogP contribution in [-0.2, 0) is 19.0 Å². The number of pyridine rings is 1. The number of carbonyl (C=O) groups is 1. The molecule has 1 aliphatic rings. The van der Waals surface area contributed by atoms with Crippen LogP contribution in [0.3, 0.4) is 0 Å². The lowest BCUT2D eigenvalue weighted by atomic mass is 10.0. The Morgan fingerprint density at radius 2 is 2.00 bits per heavy atom. The summed E-state index contributed by atoms with van der Waals surface area (Å²) in [5.74, 6) is -0.334. The lowest BCUT2D eigenvalue weighted by Crippen LogP contribution is -2.39. The van der Waals surface area contributed by atoms with E-state index in [4.69, 9.17) is 11.6 Å². The summed E-state index contributed by atoms with van der Waals surface area (Å²) in [7, 11) is 1.71. The van der Waals surface area contributed by atoms with Crippen LogP contribution in [0, 0.1) is 6.92 Å². The van der Waals surface area contributed by atoms with Crippen molar-refractivity contribution in [3.05, 3.63) is 68.1 Å². The van der Waals surface area contributed by atoms with Crippen LogP contribution in [-0.4, -0.2) is 10.5 Å². The van der Waals surface area contributed by atoms with Crippen molar-refractivity contribution in [2.24, 2.45) is 7.05 Å². The Labute approximate surface area is 146 Å². The molecule has 0 bridgehead atoms. The van der Waals surface area contributed by atoms with E-state index < -0.39 is 5.54 Å². The molecule has 24 heavy (non-hydrogen) atoms. The molecule has 126 valence electrons. The fourth-order valence-electron chi connectivity index (χ4n) is 3.33. The summed E-state index contributed by atoms with van der Waals surface area (Å²) in [6, 6.07) is 9.22. The summed E-state index contributed by atoms with van der Waals surface area (Å²) in [5.41, 5.74) is 2.29. The predicted molar refractivity (Wildman–Crippen MR) is 95.6 cm³/mol. The van der Waals surface area contributed by atoms with Crippen LogP contribution in [0.4, 0.5) is 0 Å². The highest BCUT2D eigenvalue weighted by Crippen LogP contribution is 2.48. The van der Waals surface area contributed by atoms with E-state index in [1.54, 1.807) is 17.7 Å². The number of nitrogens with one attached hydrogen (secondary N) is 1. The van der Waals surface area contributed by atoms with E-state index >= 15 is 0 Å². The Balaban J connectivity index is 1.95. The highest BCUT2D eigenvalue weighted by Gasteiger charge is 2.47. The second kappa shape index (κ2) is 6.10. The molecule has 5 heteroatoms. The van der Waals surface area contributed by atoms with E-state index in [-0.39, 0.29) is 17.0 Å². The van der Waals surface area contributed by atoms with Crippen molar-refractivity contribution >= 4 is 17.5 Å². The predicted octanol–water partition coefficient (Wildman–Crippen LogP) is 3.33. The number of halogens is 1. The molecular formula is C19H21ClN2O2. The van der Waals surface area contributed by atoms with Crippen molar-refractivity contribution in [2.45, 2.75) is 38.6 Å². The van der Waals surface area contributed by atoms with Gasteiger partial charge in [0.05, 0.1) is 5.54 Å². The molecule has 0 saturated heterocycles. The molecule has 3 rings (SSSR count). The first-order chi connectivity index (χ1) is 11.4. The van der Waals surface area contributed by atoms with Gasteiger partial charge in [0.1, 0.15) is 5.56 Å². The van der Waals surface area contributed by atoms with E-state index in [1.165, 1.54) is 0 Å². The molecule has 1 aromatic carbocycles. The number of benzene rings is 1. The first-order valence-electron chi connectivity index (χ1n) is 8.16. The van der Waals surface area contributed by atoms with E-state index in [0.717, 1.165) is 36.1 Å². The van der Waals surface area contributed by atoms with E-state index in [0.29, 0.717) is 5.02 Å². The summed E-state index contributed by atoms with van der Waals surface area (Å²) < 4.78 is 1.57. The Bertz CT molecular complexity index is 866. The van der Waals surface area contributed by atoms with Gasteiger partial charge in [0.2, 0.25) is 0 Å². The number of rotatable bonds is 4. The third-order valence-corrected chi connectivity index (χ3v) is 5.16. The van der Waals surface area contributed by atoms with Gasteiger partial charge in [0, 0.05) is 17.8 Å². The maximum absolute atomic E-state index is 12.7. The Morgan fingerprint density at radius 3 is 2.58 bits per heavy atom. The molecule has 0 spiro atoms. The number of carbonyl (C=O) groups excluding carboxylic acids is 1. The number of nitrogens with zero attached hydrogens (tertiary/aromatic N) is 1. The molecule has 1 saturated carbocycles. The third kappa shape index (κ3) is 2.75. The van der Waals surface area contributed by atoms with Crippen molar-refractivity contribution in [2.75, 3.05) is 0 Å². The average Bonchev–Trinajstić information content (AvgIpc) is 3.32. The molecule has 1 aliphatic carbocycles. The van der Waals surface area contributed by atoms with Crippen molar-refractivity contribution in [1.29, 1.82) is 0 Å². The van der Waals surface area contributed by atoms with Crippen molar-refractivity contribution in [3.8, 4) is 0 Å². The second-order valence-electron chi connectivity index (χ2n) is 6.42. The minimum Gasteiger partial charge on any atom is -0.342 e. The van der Waals surface area contributed by atoms with Crippen LogP contribution in [0.1, 0.15) is 46.9 Å². The smallest absolute Gasteiger partial charge is 0.263 e. The summed E-state index contributed by atoms with van der Waals surface area (Å²) in [6.07, 6.45) is 2.41. The third-order valence-electron chi connectivity index (χ3n) is 4.83. The molecule has 0 atom stereocenters. The van der Waals surface area contributed by atoms with Crippen LogP contribution < -0.4 is 10.9 Å². The number of amides is 1. The van der Waals surface area contributed by atoms with Crippen molar-refractivity contribution < 1.29 is 4.79 Å². The van der Waals surface area contributed by atoms with Gasteiger partial charge >= 0.3 is 0 Å². The summed E-state index contributed by atoms with van der Waals surface area (Å²) in [4.78, 5) is 25.3. The maximum Gasteiger partial charge on any atom is 0.263 e. The van der Waals surface area contributed by atoms with Crippen LogP contribution in [0.5, 0.6) is 0 Å². The first kappa shape index (κ1) is 16.8. The fraction of sp³-hybridized carbons (Fsp3) is 0.368. The number of hydrogen-bond donors (Lipinski definition) is 1. The molecule has 1 heterocycles. The van der Waals surface area contributed by atoms with Crippen LogP contribution in [0.15, 0.2) is 35.1 Å². The molecule has 2 aromatic rings. The SMILES string of the molecule is CCc1c(C)cc(C(=O)NC2(c3ccccc3Cl)CC2)c(=O)n1C. The van der Waals surface area contributed by atoms with E-state index in [1.807, 2.05) is 38.1 Å². The zero-order valence-corrected chi connectivity index (χ0v) is 14.9. The molecule has 1 amide bonds. The van der Waals surface area contributed by atoms with Gasteiger partial charge in [-0.3, -0.25) is 9.59 Å². The van der Waals surface area contributed by atoms with Crippen molar-refractivity contribution in [1.82, 2.24) is 9.88 Å². The monoisotopic (exact) mass is 344 g/mol. The minimum atomic E-state index is -0.447. The molecule has 4 nitrogen and oxygen atoms in total. The van der Waals surface area contributed by atoms with Gasteiger partial charge in [0.25, 0.3) is 11.5 Å². The van der Waals surface area contributed by atoms with Crippen LogP contribution in [0.25, 0.3) is 0 Å². The molecule has 1 N–H and O–H groups in total. The summed E-state index contributed by atoms with van der Waals surface area (Å²) in [6.45, 7) is 3.92. The number of hydrogen-bond acceptors (Lipinski definition) is 2. The topological polar surface area (TPSA) is 51.1 Å². The van der Waals surface area contributed by atoms with Gasteiger partial charge in [-0.2, -0.15) is 0 Å². The van der Waals surface area contributed by atoms with Crippen LogP contribution >= 0.6 is 11.6 Å². The Hall–Kier alpha value is -2.07. The van der Waals surface area contributed by atoms with E-state index in [9.17, 15) is 9.59 Å². The highest BCUT2D eigenvalue weighted by molar-refractivity contribution is 6.31. The van der Waals surface area contributed by atoms with Gasteiger partial charge in [-0.1, -0.05) is 36.7 Å². The number of aromatic nitrogens is 1. The van der Waals surface area contributed by atoms with Gasteiger partial charge in [-0.05, 0) is 49.4 Å². The lowest BCUT2D eigenvalue weighted by Gasteiger charge is -2.20. The van der Waals surface area contributed by atoms with Crippen molar-refractivity contribution in [3.63, 3.8) is 0 Å². The minimum absolute atomic E-state index is 0.186. The molecule has 1 aromatic heterocycles. The second-order valence-corrected chi connectivity index (χ2v) is 6.83. The van der Waals surface area contributed by atoms with Gasteiger partial charge in [0.15, 0.2) is 0 Å². The van der Waals surface area contributed by atoms with Gasteiger partial charge < -0.3 is 9.88 Å². The zero-order valence-electron chi connectivity index (χ0n) is 14.1. The van der Waals surface area contributed by atoms with E-state index in [2.05, 4.69) is 5.32 Å². The average molecular weight is 345 g/mol. The number of aryl methyl sites for hydroxylation is 1. The molecule has 0 radical (unpaired) electrons.